The van der Waals surface area contributed by atoms with Crippen LogP contribution in [-0.2, 0) is 25.5 Å². The molecule has 0 bridgehead atoms. The van der Waals surface area contributed by atoms with Crippen molar-refractivity contribution in [2.45, 2.75) is 32.2 Å². The quantitative estimate of drug-likeness (QED) is 0.268. The summed E-state index contributed by atoms with van der Waals surface area (Å²) in [6, 6.07) is 15.4. The number of allylic oxidation sites excluding steroid dienone is 1. The van der Waals surface area contributed by atoms with E-state index in [9.17, 15) is 19.7 Å². The van der Waals surface area contributed by atoms with Crippen LogP contribution in [0.25, 0.3) is 0 Å². The van der Waals surface area contributed by atoms with Gasteiger partial charge in [0.15, 0.2) is 0 Å². The maximum absolute atomic E-state index is 13.5. The monoisotopic (exact) mass is 509 g/mol. The summed E-state index contributed by atoms with van der Waals surface area (Å²) in [6.07, 6.45) is 0.629. The largest absolute Gasteiger partial charge is 0.463 e. The number of carbonyl (C=O) groups is 2. The van der Waals surface area contributed by atoms with E-state index in [1.807, 2.05) is 30.3 Å². The summed E-state index contributed by atoms with van der Waals surface area (Å²) in [5.41, 5.74) is 2.16. The minimum Gasteiger partial charge on any atom is -0.463 e. The van der Waals surface area contributed by atoms with Crippen LogP contribution in [0.2, 0.25) is 0 Å². The molecule has 0 aromatic heterocycles. The molecule has 3 unspecified atom stereocenters. The van der Waals surface area contributed by atoms with Crippen LogP contribution in [0.3, 0.4) is 0 Å². The SMILES string of the molecule is CNC(COC(=O)C1=C(C)N=C(C)C(C(=O)OCCO)C1c1cccc([N+](=O)[O-])c1)Cc1ccccc1. The van der Waals surface area contributed by atoms with E-state index in [2.05, 4.69) is 10.3 Å². The van der Waals surface area contributed by atoms with Crippen molar-refractivity contribution in [1.82, 2.24) is 5.32 Å². The lowest BCUT2D eigenvalue weighted by atomic mass is 9.75. The first-order chi connectivity index (χ1) is 17.8. The number of hydrogen-bond donors (Lipinski definition) is 2. The fourth-order valence-corrected chi connectivity index (χ4v) is 4.43. The van der Waals surface area contributed by atoms with Crippen LogP contribution in [0.1, 0.15) is 30.9 Å². The van der Waals surface area contributed by atoms with E-state index in [0.717, 1.165) is 5.56 Å². The topological polar surface area (TPSA) is 140 Å². The number of hydrogen-bond acceptors (Lipinski definition) is 9. The Morgan fingerprint density at radius 2 is 1.86 bits per heavy atom. The van der Waals surface area contributed by atoms with E-state index < -0.39 is 28.7 Å². The third kappa shape index (κ3) is 6.87. The number of aliphatic imine (C=N–C) groups is 1. The highest BCUT2D eigenvalue weighted by molar-refractivity contribution is 6.07. The van der Waals surface area contributed by atoms with Gasteiger partial charge in [0.05, 0.1) is 17.1 Å². The second-order valence-corrected chi connectivity index (χ2v) is 8.72. The number of benzene rings is 2. The van der Waals surface area contributed by atoms with E-state index in [1.54, 1.807) is 27.0 Å². The molecule has 37 heavy (non-hydrogen) atoms. The predicted molar refractivity (Wildman–Crippen MR) is 137 cm³/mol. The van der Waals surface area contributed by atoms with Crippen LogP contribution in [-0.4, -0.2) is 60.6 Å². The second kappa shape index (κ2) is 12.9. The maximum Gasteiger partial charge on any atom is 0.336 e. The molecule has 10 heteroatoms. The van der Waals surface area contributed by atoms with Gasteiger partial charge in [0, 0.05) is 35.5 Å². The average molecular weight is 510 g/mol. The van der Waals surface area contributed by atoms with Crippen molar-refractivity contribution in [3.63, 3.8) is 0 Å². The normalized spacial score (nSPS) is 18.1. The third-order valence-electron chi connectivity index (χ3n) is 6.23. The van der Waals surface area contributed by atoms with Gasteiger partial charge >= 0.3 is 11.9 Å². The highest BCUT2D eigenvalue weighted by Crippen LogP contribution is 2.41. The number of ether oxygens (including phenoxy) is 2. The van der Waals surface area contributed by atoms with E-state index >= 15 is 0 Å². The molecule has 10 nitrogen and oxygen atoms in total. The summed E-state index contributed by atoms with van der Waals surface area (Å²) in [5, 5.41) is 23.7. The van der Waals surface area contributed by atoms with Gasteiger partial charge < -0.3 is 19.9 Å². The number of carbonyl (C=O) groups excluding carboxylic acids is 2. The van der Waals surface area contributed by atoms with Crippen LogP contribution in [0, 0.1) is 16.0 Å². The molecular formula is C27H31N3O7. The van der Waals surface area contributed by atoms with Gasteiger partial charge in [-0.15, -0.1) is 0 Å². The Morgan fingerprint density at radius 1 is 1.14 bits per heavy atom. The van der Waals surface area contributed by atoms with Gasteiger partial charge in [-0.25, -0.2) is 4.79 Å². The third-order valence-corrected chi connectivity index (χ3v) is 6.23. The standard InChI is InChI=1S/C27H31N3O7/c1-17-23(26(32)36-13-12-31)25(20-10-7-11-22(15-20)30(34)35)24(18(2)29-17)27(33)37-16-21(28-3)14-19-8-5-4-6-9-19/h4-11,15,21,23,25,28,31H,12-14,16H2,1-3H3. The Morgan fingerprint density at radius 3 is 2.51 bits per heavy atom. The smallest absolute Gasteiger partial charge is 0.336 e. The van der Waals surface area contributed by atoms with E-state index in [0.29, 0.717) is 23.4 Å². The van der Waals surface area contributed by atoms with E-state index in [1.165, 1.54) is 18.2 Å². The van der Waals surface area contributed by atoms with Gasteiger partial charge in [0.1, 0.15) is 19.1 Å². The molecule has 0 aliphatic carbocycles. The molecule has 3 rings (SSSR count). The molecule has 0 radical (unpaired) electrons. The van der Waals surface area contributed by atoms with Crippen molar-refractivity contribution in [1.29, 1.82) is 0 Å². The van der Waals surface area contributed by atoms with Crippen molar-refractivity contribution >= 4 is 23.3 Å². The summed E-state index contributed by atoms with van der Waals surface area (Å²) in [5.74, 6) is -3.30. The molecule has 2 aromatic rings. The Bertz CT molecular complexity index is 1190. The van der Waals surface area contributed by atoms with Crippen molar-refractivity contribution in [2.75, 3.05) is 26.9 Å². The predicted octanol–water partition coefficient (Wildman–Crippen LogP) is 2.95. The van der Waals surface area contributed by atoms with Crippen molar-refractivity contribution in [2.24, 2.45) is 10.9 Å². The molecule has 3 atom stereocenters. The lowest BCUT2D eigenvalue weighted by molar-refractivity contribution is -0.384. The molecule has 0 saturated heterocycles. The highest BCUT2D eigenvalue weighted by atomic mass is 16.6. The highest BCUT2D eigenvalue weighted by Gasteiger charge is 2.43. The Hall–Kier alpha value is -3.89. The van der Waals surface area contributed by atoms with Gasteiger partial charge in [0.25, 0.3) is 5.69 Å². The number of esters is 2. The number of aliphatic hydroxyl groups excluding tert-OH is 1. The summed E-state index contributed by atoms with van der Waals surface area (Å²) in [6.45, 7) is 2.74. The number of non-ortho nitro benzene ring substituents is 1. The average Bonchev–Trinajstić information content (AvgIpc) is 2.89. The molecule has 196 valence electrons. The first-order valence-corrected chi connectivity index (χ1v) is 11.9. The maximum atomic E-state index is 13.5. The van der Waals surface area contributed by atoms with Gasteiger partial charge in [-0.1, -0.05) is 42.5 Å². The first-order valence-electron chi connectivity index (χ1n) is 11.9. The number of nitrogens with one attached hydrogen (secondary N) is 1. The molecule has 0 spiro atoms. The summed E-state index contributed by atoms with van der Waals surface area (Å²) >= 11 is 0. The van der Waals surface area contributed by atoms with Crippen molar-refractivity contribution < 1.29 is 29.1 Å². The summed E-state index contributed by atoms with van der Waals surface area (Å²) < 4.78 is 10.9. The lowest BCUT2D eigenvalue weighted by Gasteiger charge is -2.31. The Kier molecular flexibility index (Phi) is 9.64. The number of aliphatic hydroxyl groups is 1. The van der Waals surface area contributed by atoms with E-state index in [-0.39, 0.29) is 37.1 Å². The summed E-state index contributed by atoms with van der Waals surface area (Å²) in [7, 11) is 1.78. The fraction of sp³-hybridized carbons (Fsp3) is 0.370. The van der Waals surface area contributed by atoms with Crippen LogP contribution < -0.4 is 5.32 Å². The minimum absolute atomic E-state index is 0.0605. The van der Waals surface area contributed by atoms with Crippen LogP contribution >= 0.6 is 0 Å². The van der Waals surface area contributed by atoms with Gasteiger partial charge in [-0.05, 0) is 38.4 Å². The minimum atomic E-state index is -1.02. The zero-order chi connectivity index (χ0) is 26.9. The molecule has 0 saturated carbocycles. The molecule has 2 N–H and O–H groups in total. The molecule has 1 aliphatic rings. The first kappa shape index (κ1) is 27.7. The second-order valence-electron chi connectivity index (χ2n) is 8.72. The molecule has 0 fully saturated rings. The zero-order valence-corrected chi connectivity index (χ0v) is 21.0. The van der Waals surface area contributed by atoms with Crippen LogP contribution in [0.5, 0.6) is 0 Å². The molecule has 2 aromatic carbocycles. The summed E-state index contributed by atoms with van der Waals surface area (Å²) in [4.78, 5) is 41.8. The van der Waals surface area contributed by atoms with Crippen molar-refractivity contribution in [3.8, 4) is 0 Å². The number of nitro benzene ring substituents is 1. The van der Waals surface area contributed by atoms with Gasteiger partial charge in [0.2, 0.25) is 0 Å². The zero-order valence-electron chi connectivity index (χ0n) is 21.0. The molecule has 1 aliphatic heterocycles. The number of likely N-dealkylation sites (N-methyl/N-ethyl adjacent to an activating group) is 1. The molecular weight excluding hydrogens is 478 g/mol. The van der Waals surface area contributed by atoms with E-state index in [4.69, 9.17) is 14.6 Å². The number of nitrogens with zero attached hydrogens (tertiary/aromatic N) is 2. The van der Waals surface area contributed by atoms with Gasteiger partial charge in [-0.3, -0.25) is 19.9 Å². The van der Waals surface area contributed by atoms with Crippen LogP contribution in [0.15, 0.2) is 70.9 Å². The van der Waals surface area contributed by atoms with Crippen molar-refractivity contribution in [3.05, 3.63) is 87.1 Å². The van der Waals surface area contributed by atoms with Gasteiger partial charge in [-0.2, -0.15) is 0 Å². The fourth-order valence-electron chi connectivity index (χ4n) is 4.43. The number of nitro groups is 1. The lowest BCUT2D eigenvalue weighted by Crippen LogP contribution is -2.38. The Labute approximate surface area is 215 Å². The molecule has 0 amide bonds. The Balaban J connectivity index is 1.94. The molecule has 1 heterocycles. The van der Waals surface area contributed by atoms with Crippen LogP contribution in [0.4, 0.5) is 5.69 Å². The number of rotatable bonds is 11.